The van der Waals surface area contributed by atoms with E-state index in [1.165, 1.54) is 0 Å². The standard InChI is InChI=1S/C22H15NO2/c23-22(25)21-19-10-4-3-9-17(19)15(13-24)12-20(21)18-11-5-7-14-6-1-2-8-16(14)18/h1-13H,(H2,23,25). The van der Waals surface area contributed by atoms with E-state index in [2.05, 4.69) is 0 Å². The molecule has 0 atom stereocenters. The molecule has 3 heteroatoms. The molecular weight excluding hydrogens is 310 g/mol. The van der Waals surface area contributed by atoms with Gasteiger partial charge in [0.1, 0.15) is 0 Å². The molecule has 0 saturated carbocycles. The van der Waals surface area contributed by atoms with Crippen molar-refractivity contribution < 1.29 is 9.59 Å². The van der Waals surface area contributed by atoms with Crippen molar-refractivity contribution in [3.8, 4) is 11.1 Å². The highest BCUT2D eigenvalue weighted by Gasteiger charge is 2.18. The van der Waals surface area contributed by atoms with Gasteiger partial charge in [0.25, 0.3) is 0 Å². The first-order valence-corrected chi connectivity index (χ1v) is 7.99. The molecule has 4 rings (SSSR count). The summed E-state index contributed by atoms with van der Waals surface area (Å²) in [6, 6.07) is 23.0. The summed E-state index contributed by atoms with van der Waals surface area (Å²) in [4.78, 5) is 23.9. The molecule has 1 amide bonds. The lowest BCUT2D eigenvalue weighted by Crippen LogP contribution is -2.14. The number of nitrogens with two attached hydrogens (primary N) is 1. The average molecular weight is 325 g/mol. The van der Waals surface area contributed by atoms with Gasteiger partial charge in [-0.2, -0.15) is 0 Å². The molecule has 0 fully saturated rings. The largest absolute Gasteiger partial charge is 0.366 e. The first-order valence-electron chi connectivity index (χ1n) is 7.99. The molecule has 0 heterocycles. The van der Waals surface area contributed by atoms with Crippen LogP contribution in [0.4, 0.5) is 0 Å². The first-order chi connectivity index (χ1) is 12.2. The number of amides is 1. The topological polar surface area (TPSA) is 60.2 Å². The fourth-order valence-corrected chi connectivity index (χ4v) is 3.44. The summed E-state index contributed by atoms with van der Waals surface area (Å²) < 4.78 is 0. The van der Waals surface area contributed by atoms with Crippen LogP contribution in [0.1, 0.15) is 20.7 Å². The molecule has 0 aliphatic rings. The predicted octanol–water partition coefficient (Wildman–Crippen LogP) is 4.57. The maximum Gasteiger partial charge on any atom is 0.249 e. The molecular formula is C22H15NO2. The van der Waals surface area contributed by atoms with Crippen LogP contribution in [0.25, 0.3) is 32.7 Å². The molecule has 4 aromatic rings. The van der Waals surface area contributed by atoms with Crippen LogP contribution in [-0.4, -0.2) is 12.2 Å². The van der Waals surface area contributed by atoms with Crippen molar-refractivity contribution in [2.75, 3.05) is 0 Å². The third-order valence-corrected chi connectivity index (χ3v) is 4.53. The van der Waals surface area contributed by atoms with Gasteiger partial charge >= 0.3 is 0 Å². The maximum atomic E-state index is 12.3. The van der Waals surface area contributed by atoms with Gasteiger partial charge < -0.3 is 5.73 Å². The number of carbonyl (C=O) groups is 2. The number of primary amides is 1. The Labute approximate surface area is 144 Å². The van der Waals surface area contributed by atoms with Crippen LogP contribution in [0, 0.1) is 0 Å². The Balaban J connectivity index is 2.19. The molecule has 0 aromatic heterocycles. The van der Waals surface area contributed by atoms with E-state index in [0.29, 0.717) is 22.1 Å². The number of rotatable bonds is 3. The van der Waals surface area contributed by atoms with Gasteiger partial charge in [0.15, 0.2) is 6.29 Å². The van der Waals surface area contributed by atoms with Crippen molar-refractivity contribution in [2.24, 2.45) is 5.73 Å². The van der Waals surface area contributed by atoms with Crippen LogP contribution in [0.2, 0.25) is 0 Å². The number of benzene rings is 4. The van der Waals surface area contributed by atoms with Crippen molar-refractivity contribution in [1.29, 1.82) is 0 Å². The number of hydrogen-bond donors (Lipinski definition) is 1. The van der Waals surface area contributed by atoms with Gasteiger partial charge in [-0.3, -0.25) is 9.59 Å². The molecule has 0 aliphatic carbocycles. The minimum absolute atomic E-state index is 0.442. The van der Waals surface area contributed by atoms with Gasteiger partial charge in [-0.25, -0.2) is 0 Å². The number of hydrogen-bond acceptors (Lipinski definition) is 2. The third kappa shape index (κ3) is 2.37. The summed E-state index contributed by atoms with van der Waals surface area (Å²) in [5.74, 6) is -0.503. The van der Waals surface area contributed by atoms with Crippen LogP contribution in [0.5, 0.6) is 0 Å². The first kappa shape index (κ1) is 15.1. The van der Waals surface area contributed by atoms with E-state index in [-0.39, 0.29) is 0 Å². The maximum absolute atomic E-state index is 12.3. The van der Waals surface area contributed by atoms with Gasteiger partial charge in [0, 0.05) is 5.56 Å². The van der Waals surface area contributed by atoms with Crippen LogP contribution >= 0.6 is 0 Å². The zero-order valence-electron chi connectivity index (χ0n) is 13.4. The van der Waals surface area contributed by atoms with E-state index in [9.17, 15) is 9.59 Å². The Morgan fingerprint density at radius 1 is 0.760 bits per heavy atom. The molecule has 0 spiro atoms. The van der Waals surface area contributed by atoms with E-state index < -0.39 is 5.91 Å². The fourth-order valence-electron chi connectivity index (χ4n) is 3.44. The highest BCUT2D eigenvalue weighted by molar-refractivity contribution is 6.17. The van der Waals surface area contributed by atoms with E-state index >= 15 is 0 Å². The minimum atomic E-state index is -0.503. The van der Waals surface area contributed by atoms with Crippen molar-refractivity contribution in [2.45, 2.75) is 0 Å². The molecule has 0 bridgehead atoms. The van der Waals surface area contributed by atoms with Crippen molar-refractivity contribution >= 4 is 33.7 Å². The van der Waals surface area contributed by atoms with E-state index in [1.807, 2.05) is 66.7 Å². The van der Waals surface area contributed by atoms with Crippen LogP contribution < -0.4 is 5.73 Å². The number of fused-ring (bicyclic) bond motifs is 2. The van der Waals surface area contributed by atoms with Gasteiger partial charge in [0.2, 0.25) is 5.91 Å². The van der Waals surface area contributed by atoms with Crippen molar-refractivity contribution in [3.63, 3.8) is 0 Å². The summed E-state index contributed by atoms with van der Waals surface area (Å²) in [6.07, 6.45) is 0.821. The molecule has 0 aliphatic heterocycles. The molecule has 0 saturated heterocycles. The van der Waals surface area contributed by atoms with Crippen LogP contribution in [-0.2, 0) is 0 Å². The van der Waals surface area contributed by atoms with Crippen molar-refractivity contribution in [1.82, 2.24) is 0 Å². The van der Waals surface area contributed by atoms with Crippen LogP contribution in [0.15, 0.2) is 72.8 Å². The van der Waals surface area contributed by atoms with Gasteiger partial charge in [-0.1, -0.05) is 66.7 Å². The lowest BCUT2D eigenvalue weighted by atomic mass is 9.88. The van der Waals surface area contributed by atoms with Gasteiger partial charge in [-0.15, -0.1) is 0 Å². The fraction of sp³-hybridized carbons (Fsp3) is 0. The van der Waals surface area contributed by atoms with Gasteiger partial charge in [0.05, 0.1) is 5.56 Å². The number of aldehydes is 1. The van der Waals surface area contributed by atoms with Gasteiger partial charge in [-0.05, 0) is 38.7 Å². The lowest BCUT2D eigenvalue weighted by Gasteiger charge is -2.14. The SMILES string of the molecule is NC(=O)c1c(-c2cccc3ccccc23)cc(C=O)c2ccccc12. The number of carbonyl (C=O) groups excluding carboxylic acids is 2. The van der Waals surface area contributed by atoms with E-state index in [4.69, 9.17) is 5.73 Å². The molecule has 3 nitrogen and oxygen atoms in total. The highest BCUT2D eigenvalue weighted by atomic mass is 16.1. The smallest absolute Gasteiger partial charge is 0.249 e. The van der Waals surface area contributed by atoms with Crippen molar-refractivity contribution in [3.05, 3.63) is 83.9 Å². The third-order valence-electron chi connectivity index (χ3n) is 4.53. The second kappa shape index (κ2) is 5.87. The molecule has 120 valence electrons. The zero-order chi connectivity index (χ0) is 17.4. The quantitative estimate of drug-likeness (QED) is 0.561. The average Bonchev–Trinajstić information content (AvgIpc) is 2.66. The minimum Gasteiger partial charge on any atom is -0.366 e. The molecule has 0 radical (unpaired) electrons. The summed E-state index contributed by atoms with van der Waals surface area (Å²) >= 11 is 0. The summed E-state index contributed by atoms with van der Waals surface area (Å²) in [7, 11) is 0. The predicted molar refractivity (Wildman–Crippen MR) is 101 cm³/mol. The Morgan fingerprint density at radius 3 is 2.12 bits per heavy atom. The summed E-state index contributed by atoms with van der Waals surface area (Å²) in [5, 5.41) is 3.51. The molecule has 0 unspecified atom stereocenters. The summed E-state index contributed by atoms with van der Waals surface area (Å²) in [5.41, 5.74) is 8.29. The Kier molecular flexibility index (Phi) is 3.55. The molecule has 2 N–H and O–H groups in total. The second-order valence-corrected chi connectivity index (χ2v) is 5.94. The summed E-state index contributed by atoms with van der Waals surface area (Å²) in [6.45, 7) is 0. The highest BCUT2D eigenvalue weighted by Crippen LogP contribution is 2.36. The molecule has 25 heavy (non-hydrogen) atoms. The molecule has 4 aromatic carbocycles. The lowest BCUT2D eigenvalue weighted by molar-refractivity contribution is 0.100. The van der Waals surface area contributed by atoms with E-state index in [0.717, 1.165) is 28.0 Å². The zero-order valence-corrected chi connectivity index (χ0v) is 13.4. The second-order valence-electron chi connectivity index (χ2n) is 5.94. The Bertz CT molecular complexity index is 1140. The van der Waals surface area contributed by atoms with Crippen LogP contribution in [0.3, 0.4) is 0 Å². The van der Waals surface area contributed by atoms with E-state index in [1.54, 1.807) is 6.07 Å². The monoisotopic (exact) mass is 325 g/mol. The Hall–Kier alpha value is -3.46. The normalized spacial score (nSPS) is 10.9. The Morgan fingerprint density at radius 2 is 1.40 bits per heavy atom.